The molecule has 2 atom stereocenters. The largest absolute Gasteiger partial charge is 0.298 e. The summed E-state index contributed by atoms with van der Waals surface area (Å²) in [6.07, 6.45) is 13.6. The zero-order valence-electron chi connectivity index (χ0n) is 10.9. The normalized spacial score (nSPS) is 25.2. The van der Waals surface area contributed by atoms with Crippen molar-refractivity contribution in [2.75, 3.05) is 0 Å². The standard InChI is InChI=1S/C15H26O/c1-3-4-5-6-7-8-14-9-13(2)10-15(11-14)12-16/h10,12-14H,3-9,11H2,1-2H3. The molecule has 0 bridgehead atoms. The number of aldehydes is 1. The lowest BCUT2D eigenvalue weighted by Crippen LogP contribution is -2.13. The van der Waals surface area contributed by atoms with Crippen LogP contribution in [-0.4, -0.2) is 6.29 Å². The Morgan fingerprint density at radius 3 is 2.75 bits per heavy atom. The summed E-state index contributed by atoms with van der Waals surface area (Å²) in [5.41, 5.74) is 1.04. The van der Waals surface area contributed by atoms with Crippen LogP contribution >= 0.6 is 0 Å². The molecule has 0 radical (unpaired) electrons. The summed E-state index contributed by atoms with van der Waals surface area (Å²) in [5.74, 6) is 1.37. The van der Waals surface area contributed by atoms with E-state index in [1.54, 1.807) is 0 Å². The maximum absolute atomic E-state index is 10.8. The van der Waals surface area contributed by atoms with Crippen molar-refractivity contribution in [2.24, 2.45) is 11.8 Å². The van der Waals surface area contributed by atoms with Gasteiger partial charge < -0.3 is 0 Å². The van der Waals surface area contributed by atoms with Crippen LogP contribution in [0.25, 0.3) is 0 Å². The van der Waals surface area contributed by atoms with Gasteiger partial charge in [-0.2, -0.15) is 0 Å². The van der Waals surface area contributed by atoms with E-state index in [1.165, 1.54) is 44.9 Å². The molecule has 0 amide bonds. The van der Waals surface area contributed by atoms with Crippen molar-refractivity contribution in [1.82, 2.24) is 0 Å². The van der Waals surface area contributed by atoms with Crippen molar-refractivity contribution in [1.29, 1.82) is 0 Å². The van der Waals surface area contributed by atoms with Crippen molar-refractivity contribution in [3.63, 3.8) is 0 Å². The van der Waals surface area contributed by atoms with Gasteiger partial charge in [-0.1, -0.05) is 58.4 Å². The molecular weight excluding hydrogens is 196 g/mol. The van der Waals surface area contributed by atoms with E-state index in [1.807, 2.05) is 0 Å². The Morgan fingerprint density at radius 1 is 1.31 bits per heavy atom. The lowest BCUT2D eigenvalue weighted by molar-refractivity contribution is -0.105. The number of carbonyl (C=O) groups excluding carboxylic acids is 1. The monoisotopic (exact) mass is 222 g/mol. The van der Waals surface area contributed by atoms with Gasteiger partial charge in [-0.15, -0.1) is 0 Å². The summed E-state index contributed by atoms with van der Waals surface area (Å²) >= 11 is 0. The molecule has 1 nitrogen and oxygen atoms in total. The van der Waals surface area contributed by atoms with Crippen LogP contribution in [0.4, 0.5) is 0 Å². The van der Waals surface area contributed by atoms with Crippen molar-refractivity contribution in [3.05, 3.63) is 11.6 Å². The fourth-order valence-electron chi connectivity index (χ4n) is 2.79. The van der Waals surface area contributed by atoms with Gasteiger partial charge in [-0.3, -0.25) is 4.79 Å². The van der Waals surface area contributed by atoms with Crippen LogP contribution in [0, 0.1) is 11.8 Å². The first-order chi connectivity index (χ1) is 7.76. The number of hydrogen-bond donors (Lipinski definition) is 0. The lowest BCUT2D eigenvalue weighted by atomic mass is 9.81. The molecule has 0 aliphatic heterocycles. The minimum atomic E-state index is 0.606. The average molecular weight is 222 g/mol. The fourth-order valence-corrected chi connectivity index (χ4v) is 2.79. The summed E-state index contributed by atoms with van der Waals surface area (Å²) in [6.45, 7) is 4.48. The maximum atomic E-state index is 10.8. The topological polar surface area (TPSA) is 17.1 Å². The third-order valence-electron chi connectivity index (χ3n) is 3.60. The van der Waals surface area contributed by atoms with Gasteiger partial charge in [0, 0.05) is 0 Å². The van der Waals surface area contributed by atoms with Gasteiger partial charge in [0.25, 0.3) is 0 Å². The van der Waals surface area contributed by atoms with Crippen LogP contribution in [0.5, 0.6) is 0 Å². The number of unbranched alkanes of at least 4 members (excludes halogenated alkanes) is 4. The molecule has 0 aromatic carbocycles. The first-order valence-corrected chi connectivity index (χ1v) is 6.92. The van der Waals surface area contributed by atoms with Gasteiger partial charge in [0.2, 0.25) is 0 Å². The summed E-state index contributed by atoms with van der Waals surface area (Å²) < 4.78 is 0. The van der Waals surface area contributed by atoms with Gasteiger partial charge in [0.05, 0.1) is 0 Å². The van der Waals surface area contributed by atoms with Crippen molar-refractivity contribution < 1.29 is 4.79 Å². The molecule has 0 spiro atoms. The Kier molecular flexibility index (Phi) is 6.44. The molecule has 1 aliphatic carbocycles. The van der Waals surface area contributed by atoms with Crippen molar-refractivity contribution in [2.45, 2.75) is 65.2 Å². The van der Waals surface area contributed by atoms with Gasteiger partial charge in [-0.05, 0) is 30.3 Å². The Morgan fingerprint density at radius 2 is 2.06 bits per heavy atom. The molecule has 16 heavy (non-hydrogen) atoms. The average Bonchev–Trinajstić information content (AvgIpc) is 2.28. The molecule has 1 aliphatic rings. The highest BCUT2D eigenvalue weighted by Gasteiger charge is 2.18. The zero-order chi connectivity index (χ0) is 11.8. The Labute approximate surface area is 100 Å². The summed E-state index contributed by atoms with van der Waals surface area (Å²) in [6, 6.07) is 0. The molecule has 1 rings (SSSR count). The summed E-state index contributed by atoms with van der Waals surface area (Å²) in [7, 11) is 0. The molecule has 0 heterocycles. The molecule has 2 unspecified atom stereocenters. The SMILES string of the molecule is CCCCCCCC1CC(C=O)=CC(C)C1. The number of hydrogen-bond acceptors (Lipinski definition) is 1. The predicted octanol–water partition coefficient (Wildman–Crippen LogP) is 4.52. The van der Waals surface area contributed by atoms with Gasteiger partial charge in [-0.25, -0.2) is 0 Å². The highest BCUT2D eigenvalue weighted by molar-refractivity contribution is 5.73. The molecule has 0 aromatic rings. The molecule has 0 saturated carbocycles. The number of carbonyl (C=O) groups is 1. The maximum Gasteiger partial charge on any atom is 0.145 e. The summed E-state index contributed by atoms with van der Waals surface area (Å²) in [4.78, 5) is 10.8. The predicted molar refractivity (Wildman–Crippen MR) is 69.4 cm³/mol. The molecule has 0 saturated heterocycles. The highest BCUT2D eigenvalue weighted by Crippen LogP contribution is 2.30. The van der Waals surface area contributed by atoms with E-state index in [-0.39, 0.29) is 0 Å². The molecule has 0 fully saturated rings. The fraction of sp³-hybridized carbons (Fsp3) is 0.800. The number of rotatable bonds is 7. The van der Waals surface area contributed by atoms with E-state index in [0.29, 0.717) is 5.92 Å². The van der Waals surface area contributed by atoms with E-state index in [2.05, 4.69) is 19.9 Å². The smallest absolute Gasteiger partial charge is 0.145 e. The van der Waals surface area contributed by atoms with Crippen LogP contribution in [0.3, 0.4) is 0 Å². The Hall–Kier alpha value is -0.590. The van der Waals surface area contributed by atoms with E-state index >= 15 is 0 Å². The first kappa shape index (κ1) is 13.5. The first-order valence-electron chi connectivity index (χ1n) is 6.92. The van der Waals surface area contributed by atoms with Crippen LogP contribution in [0.1, 0.15) is 65.2 Å². The minimum absolute atomic E-state index is 0.606. The van der Waals surface area contributed by atoms with Crippen LogP contribution in [0.15, 0.2) is 11.6 Å². The zero-order valence-corrected chi connectivity index (χ0v) is 10.9. The number of allylic oxidation sites excluding steroid dienone is 2. The van der Waals surface area contributed by atoms with E-state index in [4.69, 9.17) is 0 Å². The van der Waals surface area contributed by atoms with Gasteiger partial charge in [0.15, 0.2) is 0 Å². The lowest BCUT2D eigenvalue weighted by Gasteiger charge is -2.24. The second-order valence-electron chi connectivity index (χ2n) is 5.35. The second kappa shape index (κ2) is 7.65. The Balaban J connectivity index is 2.18. The molecular formula is C15H26O. The van der Waals surface area contributed by atoms with Crippen molar-refractivity contribution >= 4 is 6.29 Å². The molecule has 92 valence electrons. The second-order valence-corrected chi connectivity index (χ2v) is 5.35. The van der Waals surface area contributed by atoms with Crippen LogP contribution in [0.2, 0.25) is 0 Å². The van der Waals surface area contributed by atoms with Gasteiger partial charge >= 0.3 is 0 Å². The minimum Gasteiger partial charge on any atom is -0.298 e. The highest BCUT2D eigenvalue weighted by atomic mass is 16.1. The van der Waals surface area contributed by atoms with Gasteiger partial charge in [0.1, 0.15) is 6.29 Å². The Bertz CT molecular complexity index is 230. The van der Waals surface area contributed by atoms with Crippen LogP contribution < -0.4 is 0 Å². The van der Waals surface area contributed by atoms with E-state index < -0.39 is 0 Å². The molecule has 1 heteroatoms. The molecule has 0 aromatic heterocycles. The van der Waals surface area contributed by atoms with E-state index in [9.17, 15) is 4.79 Å². The molecule has 0 N–H and O–H groups in total. The summed E-state index contributed by atoms with van der Waals surface area (Å²) in [5, 5.41) is 0. The third kappa shape index (κ3) is 4.96. The van der Waals surface area contributed by atoms with Crippen molar-refractivity contribution in [3.8, 4) is 0 Å². The quantitative estimate of drug-likeness (QED) is 0.457. The third-order valence-corrected chi connectivity index (χ3v) is 3.60. The van der Waals surface area contributed by atoms with Crippen LogP contribution in [-0.2, 0) is 4.79 Å². The van der Waals surface area contributed by atoms with E-state index in [0.717, 1.165) is 24.2 Å².